The minimum atomic E-state index is -3.15. The molecule has 1 fully saturated rings. The zero-order valence-corrected chi connectivity index (χ0v) is 15.0. The Kier molecular flexibility index (Phi) is 5.12. The molecule has 130 valence electrons. The van der Waals surface area contributed by atoms with E-state index in [1.54, 1.807) is 12.1 Å². The maximum Gasteiger partial charge on any atom is 0.211 e. The highest BCUT2D eigenvalue weighted by Gasteiger charge is 2.23. The first-order valence-corrected chi connectivity index (χ1v) is 10.4. The van der Waals surface area contributed by atoms with E-state index in [9.17, 15) is 12.8 Å². The van der Waals surface area contributed by atoms with Crippen LogP contribution in [0.2, 0.25) is 0 Å². The molecule has 1 aliphatic rings. The van der Waals surface area contributed by atoms with E-state index >= 15 is 0 Å². The lowest BCUT2D eigenvalue weighted by molar-refractivity contribution is 0.437. The standard InChI is InChI=1S/C15H19FN4O2S2/c1-24(21,22)20-8-2-7-19(9-10-20)15-18-17-14(23-15)11-12-3-5-13(16)6-4-12/h3-6H,2,7-11H2,1H3. The summed E-state index contributed by atoms with van der Waals surface area (Å²) in [5, 5.41) is 10.1. The summed E-state index contributed by atoms with van der Waals surface area (Å²) in [5.74, 6) is -0.253. The van der Waals surface area contributed by atoms with Gasteiger partial charge in [0.1, 0.15) is 10.8 Å². The van der Waals surface area contributed by atoms with E-state index in [-0.39, 0.29) is 5.82 Å². The summed E-state index contributed by atoms with van der Waals surface area (Å²) >= 11 is 1.50. The van der Waals surface area contributed by atoms with Gasteiger partial charge in [-0.15, -0.1) is 10.2 Å². The van der Waals surface area contributed by atoms with Crippen molar-refractivity contribution in [2.24, 2.45) is 0 Å². The monoisotopic (exact) mass is 370 g/mol. The predicted molar refractivity (Wildman–Crippen MR) is 92.4 cm³/mol. The van der Waals surface area contributed by atoms with Crippen LogP contribution in [0, 0.1) is 5.82 Å². The van der Waals surface area contributed by atoms with Gasteiger partial charge in [0.2, 0.25) is 15.2 Å². The average Bonchev–Trinajstić information content (AvgIpc) is 2.83. The molecule has 0 aliphatic carbocycles. The number of aromatic nitrogens is 2. The molecular formula is C15H19FN4O2S2. The van der Waals surface area contributed by atoms with E-state index in [4.69, 9.17) is 0 Å². The molecule has 1 aliphatic heterocycles. The van der Waals surface area contributed by atoms with Gasteiger partial charge in [0.25, 0.3) is 0 Å². The van der Waals surface area contributed by atoms with Crippen molar-refractivity contribution in [2.75, 3.05) is 37.3 Å². The van der Waals surface area contributed by atoms with Crippen LogP contribution in [0.4, 0.5) is 9.52 Å². The molecule has 2 heterocycles. The minimum absolute atomic E-state index is 0.253. The highest BCUT2D eigenvalue weighted by atomic mass is 32.2. The van der Waals surface area contributed by atoms with Crippen LogP contribution >= 0.6 is 11.3 Å². The number of hydrogen-bond acceptors (Lipinski definition) is 6. The zero-order chi connectivity index (χ0) is 17.2. The summed E-state index contributed by atoms with van der Waals surface area (Å²) in [6.07, 6.45) is 2.62. The van der Waals surface area contributed by atoms with Gasteiger partial charge in [-0.2, -0.15) is 0 Å². The van der Waals surface area contributed by atoms with Crippen LogP contribution in [-0.2, 0) is 16.4 Å². The molecule has 0 bridgehead atoms. The van der Waals surface area contributed by atoms with E-state index in [0.29, 0.717) is 26.1 Å². The number of rotatable bonds is 4. The van der Waals surface area contributed by atoms with Gasteiger partial charge in [0.05, 0.1) is 6.26 Å². The Hall–Kier alpha value is -1.58. The molecule has 9 heteroatoms. The van der Waals surface area contributed by atoms with Crippen molar-refractivity contribution in [2.45, 2.75) is 12.8 Å². The number of anilines is 1. The van der Waals surface area contributed by atoms with Gasteiger partial charge in [0, 0.05) is 32.6 Å². The molecular weight excluding hydrogens is 351 g/mol. The minimum Gasteiger partial charge on any atom is -0.345 e. The summed E-state index contributed by atoms with van der Waals surface area (Å²) in [5.41, 5.74) is 0.984. The summed E-state index contributed by atoms with van der Waals surface area (Å²) in [6.45, 7) is 2.37. The van der Waals surface area contributed by atoms with Crippen molar-refractivity contribution in [1.82, 2.24) is 14.5 Å². The van der Waals surface area contributed by atoms with Gasteiger partial charge in [-0.05, 0) is 24.1 Å². The lowest BCUT2D eigenvalue weighted by Crippen LogP contribution is -2.34. The highest BCUT2D eigenvalue weighted by molar-refractivity contribution is 7.88. The van der Waals surface area contributed by atoms with E-state index in [0.717, 1.165) is 28.7 Å². The zero-order valence-electron chi connectivity index (χ0n) is 13.4. The molecule has 1 aromatic carbocycles. The summed E-state index contributed by atoms with van der Waals surface area (Å²) in [4.78, 5) is 2.08. The van der Waals surface area contributed by atoms with Crippen LogP contribution in [0.15, 0.2) is 24.3 Å². The molecule has 0 atom stereocenters. The van der Waals surface area contributed by atoms with Crippen molar-refractivity contribution >= 4 is 26.5 Å². The van der Waals surface area contributed by atoms with Gasteiger partial charge < -0.3 is 4.90 Å². The smallest absolute Gasteiger partial charge is 0.211 e. The van der Waals surface area contributed by atoms with Crippen LogP contribution in [0.3, 0.4) is 0 Å². The molecule has 2 aromatic rings. The second-order valence-electron chi connectivity index (χ2n) is 5.78. The average molecular weight is 370 g/mol. The first-order chi connectivity index (χ1) is 11.4. The van der Waals surface area contributed by atoms with Gasteiger partial charge in [-0.25, -0.2) is 17.1 Å². The Morgan fingerprint density at radius 3 is 2.58 bits per heavy atom. The quantitative estimate of drug-likeness (QED) is 0.820. The van der Waals surface area contributed by atoms with E-state index in [1.165, 1.54) is 34.0 Å². The van der Waals surface area contributed by atoms with Crippen LogP contribution in [0.25, 0.3) is 0 Å². The van der Waals surface area contributed by atoms with Crippen LogP contribution < -0.4 is 4.90 Å². The molecule has 0 unspecified atom stereocenters. The fourth-order valence-electron chi connectivity index (χ4n) is 2.64. The number of nitrogens with zero attached hydrogens (tertiary/aromatic N) is 4. The molecule has 1 saturated heterocycles. The largest absolute Gasteiger partial charge is 0.345 e. The third kappa shape index (κ3) is 4.28. The van der Waals surface area contributed by atoms with E-state index in [1.807, 2.05) is 0 Å². The van der Waals surface area contributed by atoms with Crippen LogP contribution in [0.1, 0.15) is 17.0 Å². The topological polar surface area (TPSA) is 66.4 Å². The summed E-state index contributed by atoms with van der Waals surface area (Å²) < 4.78 is 37.8. The Morgan fingerprint density at radius 2 is 1.88 bits per heavy atom. The van der Waals surface area contributed by atoms with Crippen LogP contribution in [-0.4, -0.2) is 55.4 Å². The lowest BCUT2D eigenvalue weighted by Gasteiger charge is -2.19. The van der Waals surface area contributed by atoms with Crippen LogP contribution in [0.5, 0.6) is 0 Å². The maximum absolute atomic E-state index is 12.9. The first kappa shape index (κ1) is 17.2. The molecule has 0 saturated carbocycles. The van der Waals surface area contributed by atoms with Crippen molar-refractivity contribution in [3.63, 3.8) is 0 Å². The third-order valence-corrected chi connectivity index (χ3v) is 6.21. The molecule has 1 aromatic heterocycles. The normalized spacial score (nSPS) is 17.0. The summed E-state index contributed by atoms with van der Waals surface area (Å²) in [7, 11) is -3.15. The van der Waals surface area contributed by atoms with Gasteiger partial charge in [-0.1, -0.05) is 23.5 Å². The van der Waals surface area contributed by atoms with Gasteiger partial charge in [0.15, 0.2) is 0 Å². The number of hydrogen-bond donors (Lipinski definition) is 0. The maximum atomic E-state index is 12.9. The van der Waals surface area contributed by atoms with E-state index < -0.39 is 10.0 Å². The van der Waals surface area contributed by atoms with Crippen molar-refractivity contribution in [3.05, 3.63) is 40.7 Å². The first-order valence-electron chi connectivity index (χ1n) is 7.69. The number of halogens is 1. The fourth-order valence-corrected chi connectivity index (χ4v) is 4.44. The highest BCUT2D eigenvalue weighted by Crippen LogP contribution is 2.24. The third-order valence-electron chi connectivity index (χ3n) is 3.92. The van der Waals surface area contributed by atoms with Crippen molar-refractivity contribution in [3.8, 4) is 0 Å². The fraction of sp³-hybridized carbons (Fsp3) is 0.467. The molecule has 0 amide bonds. The number of benzene rings is 1. The summed E-state index contributed by atoms with van der Waals surface area (Å²) in [6, 6.07) is 6.36. The number of sulfonamides is 1. The molecule has 24 heavy (non-hydrogen) atoms. The molecule has 0 radical (unpaired) electrons. The second-order valence-corrected chi connectivity index (χ2v) is 8.81. The Labute approximate surface area is 145 Å². The molecule has 0 N–H and O–H groups in total. The Morgan fingerprint density at radius 1 is 1.12 bits per heavy atom. The predicted octanol–water partition coefficient (Wildman–Crippen LogP) is 1.74. The SMILES string of the molecule is CS(=O)(=O)N1CCCN(c2nnc(Cc3ccc(F)cc3)s2)CC1. The van der Waals surface area contributed by atoms with Crippen molar-refractivity contribution in [1.29, 1.82) is 0 Å². The molecule has 6 nitrogen and oxygen atoms in total. The molecule has 3 rings (SSSR count). The Balaban J connectivity index is 1.66. The Bertz CT molecular complexity index is 792. The molecule has 0 spiro atoms. The van der Waals surface area contributed by atoms with E-state index in [2.05, 4.69) is 15.1 Å². The lowest BCUT2D eigenvalue weighted by atomic mass is 10.2. The second kappa shape index (κ2) is 7.12. The van der Waals surface area contributed by atoms with Crippen molar-refractivity contribution < 1.29 is 12.8 Å². The van der Waals surface area contributed by atoms with Gasteiger partial charge >= 0.3 is 0 Å². The van der Waals surface area contributed by atoms with Gasteiger partial charge in [-0.3, -0.25) is 0 Å².